The number of nitrogens with one attached hydrogen (secondary N) is 1. The van der Waals surface area contributed by atoms with Crippen LogP contribution in [0.3, 0.4) is 0 Å². The van der Waals surface area contributed by atoms with E-state index in [9.17, 15) is 27.9 Å². The minimum absolute atomic E-state index is 0.304. The van der Waals surface area contributed by atoms with Crippen molar-refractivity contribution in [1.82, 2.24) is 5.32 Å². The minimum atomic E-state index is -4.99. The monoisotopic (exact) mass is 331 g/mol. The molecule has 1 aliphatic rings. The van der Waals surface area contributed by atoms with E-state index in [0.717, 1.165) is 12.1 Å². The van der Waals surface area contributed by atoms with E-state index < -0.39 is 47.6 Å². The van der Waals surface area contributed by atoms with Crippen LogP contribution in [0.15, 0.2) is 30.3 Å². The molecule has 2 rings (SSSR count). The van der Waals surface area contributed by atoms with Crippen LogP contribution in [0, 0.1) is 11.8 Å². The fraction of sp³-hybridized carbons (Fsp3) is 0.467. The molecule has 0 radical (unpaired) electrons. The summed E-state index contributed by atoms with van der Waals surface area (Å²) in [5.74, 6) is -3.68. The van der Waals surface area contributed by atoms with E-state index in [1.54, 1.807) is 0 Å². The number of aliphatic hydroxyl groups is 1. The van der Waals surface area contributed by atoms with E-state index >= 15 is 0 Å². The van der Waals surface area contributed by atoms with E-state index in [4.69, 9.17) is 5.11 Å². The van der Waals surface area contributed by atoms with Crippen LogP contribution in [-0.4, -0.2) is 34.8 Å². The van der Waals surface area contributed by atoms with Crippen molar-refractivity contribution in [3.8, 4) is 0 Å². The van der Waals surface area contributed by atoms with E-state index in [0.29, 0.717) is 12.8 Å². The topological polar surface area (TPSA) is 86.6 Å². The molecular weight excluding hydrogens is 315 g/mol. The highest BCUT2D eigenvalue weighted by Gasteiger charge is 2.55. The number of carbonyl (C=O) groups excluding carboxylic acids is 1. The van der Waals surface area contributed by atoms with Gasteiger partial charge in [-0.05, 0) is 18.4 Å². The number of hydrogen-bond donors (Lipinski definition) is 3. The largest absolute Gasteiger partial charge is 0.481 e. The molecule has 126 valence electrons. The number of amides is 1. The van der Waals surface area contributed by atoms with Crippen molar-refractivity contribution in [2.75, 3.05) is 6.54 Å². The van der Waals surface area contributed by atoms with Crippen molar-refractivity contribution in [3.05, 3.63) is 35.9 Å². The Hall–Kier alpha value is -2.09. The first-order valence-corrected chi connectivity index (χ1v) is 7.02. The van der Waals surface area contributed by atoms with Gasteiger partial charge in [0.2, 0.25) is 11.5 Å². The highest BCUT2D eigenvalue weighted by atomic mass is 19.4. The second-order valence-corrected chi connectivity index (χ2v) is 5.57. The maximum Gasteiger partial charge on any atom is 0.423 e. The summed E-state index contributed by atoms with van der Waals surface area (Å²) < 4.78 is 39.7. The molecule has 1 saturated carbocycles. The molecule has 1 amide bonds. The Balaban J connectivity index is 2.11. The number of benzene rings is 1. The van der Waals surface area contributed by atoms with Crippen LogP contribution in [0.1, 0.15) is 18.4 Å². The Morgan fingerprint density at radius 3 is 2.13 bits per heavy atom. The van der Waals surface area contributed by atoms with Crippen molar-refractivity contribution in [2.24, 2.45) is 11.8 Å². The highest BCUT2D eigenvalue weighted by molar-refractivity contribution is 5.86. The van der Waals surface area contributed by atoms with Crippen LogP contribution < -0.4 is 5.32 Å². The van der Waals surface area contributed by atoms with Crippen LogP contribution in [0.5, 0.6) is 0 Å². The number of hydrogen-bond acceptors (Lipinski definition) is 3. The van der Waals surface area contributed by atoms with Gasteiger partial charge in [-0.3, -0.25) is 9.59 Å². The molecule has 0 spiro atoms. The van der Waals surface area contributed by atoms with Gasteiger partial charge in [0, 0.05) is 0 Å². The molecule has 0 bridgehead atoms. The number of aliphatic carboxylic acids is 1. The summed E-state index contributed by atoms with van der Waals surface area (Å²) in [6, 6.07) is 6.43. The Morgan fingerprint density at radius 1 is 1.13 bits per heavy atom. The van der Waals surface area contributed by atoms with Gasteiger partial charge in [-0.2, -0.15) is 13.2 Å². The zero-order chi connectivity index (χ0) is 17.3. The zero-order valence-corrected chi connectivity index (χ0v) is 12.0. The molecule has 1 aromatic carbocycles. The van der Waals surface area contributed by atoms with Gasteiger partial charge >= 0.3 is 12.1 Å². The fourth-order valence-corrected chi connectivity index (χ4v) is 2.54. The second-order valence-electron chi connectivity index (χ2n) is 5.57. The predicted octanol–water partition coefficient (Wildman–Crippen LogP) is 1.66. The number of carboxylic acids is 1. The van der Waals surface area contributed by atoms with Gasteiger partial charge in [0.15, 0.2) is 0 Å². The van der Waals surface area contributed by atoms with Crippen molar-refractivity contribution in [1.29, 1.82) is 0 Å². The minimum Gasteiger partial charge on any atom is -0.481 e. The van der Waals surface area contributed by atoms with Gasteiger partial charge in [0.1, 0.15) is 0 Å². The van der Waals surface area contributed by atoms with E-state index in [-0.39, 0.29) is 0 Å². The number of halogens is 3. The molecular formula is C15H16F3NO4. The molecule has 0 aliphatic heterocycles. The lowest BCUT2D eigenvalue weighted by Crippen LogP contribution is -2.53. The van der Waals surface area contributed by atoms with Crippen molar-refractivity contribution in [2.45, 2.75) is 24.6 Å². The quantitative estimate of drug-likeness (QED) is 0.766. The summed E-state index contributed by atoms with van der Waals surface area (Å²) in [5, 5.41) is 21.0. The normalized spacial score (nSPS) is 23.5. The molecule has 1 aromatic rings. The van der Waals surface area contributed by atoms with Crippen molar-refractivity contribution in [3.63, 3.8) is 0 Å². The van der Waals surface area contributed by atoms with Gasteiger partial charge in [0.25, 0.3) is 0 Å². The molecule has 1 fully saturated rings. The van der Waals surface area contributed by atoms with Gasteiger partial charge in [-0.15, -0.1) is 0 Å². The first kappa shape index (κ1) is 17.3. The molecule has 0 aromatic heterocycles. The SMILES string of the molecule is O=C(O)C1CCC1C(=O)NCC(O)(c1ccccc1)C(F)(F)F. The molecule has 3 unspecified atom stereocenters. The van der Waals surface area contributed by atoms with Gasteiger partial charge < -0.3 is 15.5 Å². The van der Waals surface area contributed by atoms with Gasteiger partial charge in [0.05, 0.1) is 18.4 Å². The first-order valence-electron chi connectivity index (χ1n) is 7.02. The van der Waals surface area contributed by atoms with Gasteiger partial charge in [-0.1, -0.05) is 30.3 Å². The van der Waals surface area contributed by atoms with E-state index in [1.807, 2.05) is 5.32 Å². The number of rotatable bonds is 5. The standard InChI is InChI=1S/C15H16F3NO4/c16-15(17,18)14(23,9-4-2-1-3-5-9)8-19-12(20)10-6-7-11(10)13(21)22/h1-5,10-11,23H,6-8H2,(H,19,20)(H,21,22). The van der Waals surface area contributed by atoms with Crippen LogP contribution in [0.2, 0.25) is 0 Å². The van der Waals surface area contributed by atoms with Crippen LogP contribution in [0.25, 0.3) is 0 Å². The summed E-state index contributed by atoms with van der Waals surface area (Å²) >= 11 is 0. The lowest BCUT2D eigenvalue weighted by Gasteiger charge is -2.35. The molecule has 8 heteroatoms. The van der Waals surface area contributed by atoms with E-state index in [2.05, 4.69) is 0 Å². The van der Waals surface area contributed by atoms with Crippen LogP contribution in [0.4, 0.5) is 13.2 Å². The Morgan fingerprint density at radius 2 is 1.70 bits per heavy atom. The van der Waals surface area contributed by atoms with Crippen LogP contribution >= 0.6 is 0 Å². The van der Waals surface area contributed by atoms with Crippen molar-refractivity contribution < 1.29 is 33.0 Å². The third kappa shape index (κ3) is 3.31. The summed E-state index contributed by atoms with van der Waals surface area (Å²) in [4.78, 5) is 22.8. The lowest BCUT2D eigenvalue weighted by atomic mass is 9.73. The average Bonchev–Trinajstić information content (AvgIpc) is 2.42. The number of alkyl halides is 3. The number of carbonyl (C=O) groups is 2. The van der Waals surface area contributed by atoms with E-state index in [1.165, 1.54) is 18.2 Å². The average molecular weight is 331 g/mol. The number of carboxylic acid groups (broad SMARTS) is 1. The second kappa shape index (κ2) is 6.19. The summed E-state index contributed by atoms with van der Waals surface area (Å²) in [5.41, 5.74) is -3.62. The van der Waals surface area contributed by atoms with Gasteiger partial charge in [-0.25, -0.2) is 0 Å². The molecule has 0 heterocycles. The summed E-state index contributed by atoms with van der Waals surface area (Å²) in [6.45, 7) is -1.07. The highest BCUT2D eigenvalue weighted by Crippen LogP contribution is 2.39. The maximum atomic E-state index is 13.2. The molecule has 0 saturated heterocycles. The molecule has 3 atom stereocenters. The van der Waals surface area contributed by atoms with Crippen LogP contribution in [-0.2, 0) is 15.2 Å². The predicted molar refractivity (Wildman–Crippen MR) is 73.3 cm³/mol. The smallest absolute Gasteiger partial charge is 0.423 e. The zero-order valence-electron chi connectivity index (χ0n) is 12.0. The van der Waals surface area contributed by atoms with Crippen molar-refractivity contribution >= 4 is 11.9 Å². The summed E-state index contributed by atoms with van der Waals surface area (Å²) in [6.07, 6.45) is -4.37. The Bertz CT molecular complexity index is 590. The fourth-order valence-electron chi connectivity index (χ4n) is 2.54. The lowest BCUT2D eigenvalue weighted by molar-refractivity contribution is -0.264. The summed E-state index contributed by atoms with van der Waals surface area (Å²) in [7, 11) is 0. The molecule has 23 heavy (non-hydrogen) atoms. The molecule has 3 N–H and O–H groups in total. The molecule has 5 nitrogen and oxygen atoms in total. The Labute approximate surface area is 130 Å². The third-order valence-electron chi connectivity index (χ3n) is 4.17. The Kier molecular flexibility index (Phi) is 4.65. The maximum absolute atomic E-state index is 13.2. The third-order valence-corrected chi connectivity index (χ3v) is 4.17. The molecule has 1 aliphatic carbocycles. The first-order chi connectivity index (χ1) is 10.7.